The molecule has 1 atom stereocenters. The Kier molecular flexibility index (Phi) is 5.97. The van der Waals surface area contributed by atoms with Gasteiger partial charge in [-0.15, -0.1) is 0 Å². The number of ether oxygens (including phenoxy) is 3. The van der Waals surface area contributed by atoms with Crippen molar-refractivity contribution >= 4 is 34.4 Å². The average molecular weight is 492 g/mol. The third-order valence-corrected chi connectivity index (χ3v) is 6.62. The number of methoxy groups -OCH3 is 2. The Labute approximate surface area is 205 Å². The lowest BCUT2D eigenvalue weighted by atomic mass is 9.96. The van der Waals surface area contributed by atoms with Crippen molar-refractivity contribution in [3.8, 4) is 5.75 Å². The molecule has 1 saturated heterocycles. The summed E-state index contributed by atoms with van der Waals surface area (Å²) < 4.78 is 21.4. The third-order valence-electron chi connectivity index (χ3n) is 6.62. The highest BCUT2D eigenvalue weighted by Gasteiger charge is 2.61. The molecule has 0 bridgehead atoms. The highest BCUT2D eigenvalue weighted by Crippen LogP contribution is 2.45. The van der Waals surface area contributed by atoms with Crippen LogP contribution in [-0.4, -0.2) is 55.7 Å². The van der Waals surface area contributed by atoms with E-state index in [2.05, 4.69) is 0 Å². The van der Waals surface area contributed by atoms with Crippen LogP contribution in [0.1, 0.15) is 28.8 Å². The number of nitrogens with zero attached hydrogens (tertiary/aromatic N) is 2. The fourth-order valence-electron chi connectivity index (χ4n) is 4.95. The van der Waals surface area contributed by atoms with Crippen molar-refractivity contribution in [3.63, 3.8) is 0 Å². The smallest absolute Gasteiger partial charge is 0.354 e. The van der Waals surface area contributed by atoms with Gasteiger partial charge in [-0.3, -0.25) is 14.5 Å². The third kappa shape index (κ3) is 3.61. The molecule has 0 spiro atoms. The summed E-state index contributed by atoms with van der Waals surface area (Å²) in [5.74, 6) is -0.926. The Bertz CT molecular complexity index is 1430. The van der Waals surface area contributed by atoms with Crippen LogP contribution in [0, 0.1) is 0 Å². The summed E-state index contributed by atoms with van der Waals surface area (Å²) in [6.07, 6.45) is 0.140. The van der Waals surface area contributed by atoms with Gasteiger partial charge in [0.05, 0.1) is 25.0 Å². The second kappa shape index (κ2) is 9.12. The van der Waals surface area contributed by atoms with Crippen LogP contribution in [0.5, 0.6) is 5.75 Å². The highest BCUT2D eigenvalue weighted by atomic mass is 16.5. The van der Waals surface area contributed by atoms with Gasteiger partial charge in [-0.2, -0.15) is 0 Å². The molecule has 0 N–H and O–H groups in total. The van der Waals surface area contributed by atoms with Crippen molar-refractivity contribution in [2.24, 2.45) is 0 Å². The minimum Gasteiger partial charge on any atom is -0.497 e. The molecular weight excluding hydrogens is 468 g/mol. The Morgan fingerprint density at radius 2 is 1.89 bits per heavy atom. The van der Waals surface area contributed by atoms with Crippen molar-refractivity contribution in [2.75, 3.05) is 32.3 Å². The number of hydrogen-bond donors (Lipinski definition) is 0. The summed E-state index contributed by atoms with van der Waals surface area (Å²) in [6.45, 7) is -0.0115. The molecule has 36 heavy (non-hydrogen) atoms. The predicted molar refractivity (Wildman–Crippen MR) is 128 cm³/mol. The van der Waals surface area contributed by atoms with Crippen molar-refractivity contribution in [1.29, 1.82) is 0 Å². The largest absolute Gasteiger partial charge is 0.497 e. The van der Waals surface area contributed by atoms with E-state index in [1.807, 2.05) is 0 Å². The van der Waals surface area contributed by atoms with Crippen molar-refractivity contribution < 1.29 is 33.0 Å². The normalized spacial score (nSPS) is 18.8. The van der Waals surface area contributed by atoms with E-state index in [-0.39, 0.29) is 50.0 Å². The van der Waals surface area contributed by atoms with Crippen molar-refractivity contribution in [3.05, 3.63) is 70.1 Å². The van der Waals surface area contributed by atoms with Crippen LogP contribution >= 0.6 is 0 Å². The Balaban J connectivity index is 1.53. The van der Waals surface area contributed by atoms with Crippen LogP contribution in [0.15, 0.2) is 57.7 Å². The Morgan fingerprint density at radius 3 is 2.67 bits per heavy atom. The van der Waals surface area contributed by atoms with Crippen LogP contribution in [0.25, 0.3) is 11.0 Å². The molecule has 3 aromatic rings. The van der Waals surface area contributed by atoms with Gasteiger partial charge in [-0.1, -0.05) is 12.1 Å². The Hall–Kier alpha value is -4.18. The van der Waals surface area contributed by atoms with E-state index >= 15 is 0 Å². The molecule has 2 aliphatic rings. The topological polar surface area (TPSA) is 116 Å². The molecule has 186 valence electrons. The average Bonchev–Trinajstić information content (AvgIpc) is 3.24. The summed E-state index contributed by atoms with van der Waals surface area (Å²) in [4.78, 5) is 55.2. The van der Waals surface area contributed by atoms with E-state index in [0.29, 0.717) is 28.0 Å². The predicted octanol–water partition coefficient (Wildman–Crippen LogP) is 2.47. The van der Waals surface area contributed by atoms with Gasteiger partial charge in [0.15, 0.2) is 0 Å². The van der Waals surface area contributed by atoms with E-state index in [4.69, 9.17) is 18.6 Å². The van der Waals surface area contributed by atoms with Crippen LogP contribution in [0.4, 0.5) is 5.69 Å². The summed E-state index contributed by atoms with van der Waals surface area (Å²) in [5, 5.41) is 0.571. The fourth-order valence-corrected chi connectivity index (χ4v) is 4.95. The molecule has 10 heteroatoms. The van der Waals surface area contributed by atoms with Gasteiger partial charge in [-0.25, -0.2) is 9.59 Å². The standard InChI is InChI=1S/C26H24N2O8/c1-33-12-11-27-24(31)19-5-3-4-6-20(19)28-22(29)9-10-26(27,28)25(32)35-15-16-13-23(30)36-21-14-17(34-2)7-8-18(16)21/h3-8,13-14H,9-12,15H2,1-2H3. The molecular formula is C26H24N2O8. The zero-order valence-corrected chi connectivity index (χ0v) is 19.8. The van der Waals surface area contributed by atoms with E-state index < -0.39 is 17.3 Å². The zero-order chi connectivity index (χ0) is 25.4. The lowest BCUT2D eigenvalue weighted by Gasteiger charge is -2.48. The number of anilines is 1. The maximum absolute atomic E-state index is 13.8. The minimum absolute atomic E-state index is 0.0673. The van der Waals surface area contributed by atoms with E-state index in [0.717, 1.165) is 0 Å². The molecule has 2 aliphatic heterocycles. The SMILES string of the molecule is COCCN1C(=O)c2ccccc2N2C(=O)CCC12C(=O)OCc1cc(=O)oc2cc(OC)ccc12. The van der Waals surface area contributed by atoms with Crippen LogP contribution in [0.2, 0.25) is 0 Å². The molecule has 1 fully saturated rings. The summed E-state index contributed by atoms with van der Waals surface area (Å²) >= 11 is 0. The Morgan fingerprint density at radius 1 is 1.08 bits per heavy atom. The first-order valence-corrected chi connectivity index (χ1v) is 11.4. The molecule has 1 aromatic heterocycles. The fraction of sp³-hybridized carbons (Fsp3) is 0.308. The molecule has 2 aromatic carbocycles. The van der Waals surface area contributed by atoms with Gasteiger partial charge < -0.3 is 23.5 Å². The van der Waals surface area contributed by atoms with Gasteiger partial charge in [0.1, 0.15) is 17.9 Å². The molecule has 0 aliphatic carbocycles. The first-order chi connectivity index (χ1) is 17.4. The van der Waals surface area contributed by atoms with Crippen LogP contribution in [-0.2, 0) is 25.7 Å². The van der Waals surface area contributed by atoms with Crippen molar-refractivity contribution in [2.45, 2.75) is 25.1 Å². The van der Waals surface area contributed by atoms with Gasteiger partial charge >= 0.3 is 11.6 Å². The number of hydrogen-bond acceptors (Lipinski definition) is 8. The van der Waals surface area contributed by atoms with E-state index in [1.54, 1.807) is 42.5 Å². The van der Waals surface area contributed by atoms with Gasteiger partial charge in [-0.05, 0) is 24.3 Å². The maximum Gasteiger partial charge on any atom is 0.354 e. The van der Waals surface area contributed by atoms with E-state index in [1.165, 1.54) is 30.1 Å². The molecule has 0 saturated carbocycles. The monoisotopic (exact) mass is 492 g/mol. The molecule has 10 nitrogen and oxygen atoms in total. The lowest BCUT2D eigenvalue weighted by molar-refractivity contribution is -0.159. The number of rotatable bonds is 7. The van der Waals surface area contributed by atoms with Crippen LogP contribution in [0.3, 0.4) is 0 Å². The first kappa shape index (κ1) is 23.6. The number of carbonyl (C=O) groups excluding carboxylic acids is 3. The molecule has 3 heterocycles. The second-order valence-electron chi connectivity index (χ2n) is 8.54. The maximum atomic E-state index is 13.8. The number of para-hydroxylation sites is 1. The molecule has 1 unspecified atom stereocenters. The van der Waals surface area contributed by atoms with Crippen molar-refractivity contribution in [1.82, 2.24) is 4.90 Å². The number of carbonyl (C=O) groups is 3. The number of fused-ring (bicyclic) bond motifs is 4. The quantitative estimate of drug-likeness (QED) is 0.365. The van der Waals surface area contributed by atoms with Gasteiger partial charge in [0.2, 0.25) is 11.6 Å². The number of benzene rings is 2. The minimum atomic E-state index is -1.65. The summed E-state index contributed by atoms with van der Waals surface area (Å²) in [5.41, 5.74) is -0.857. The van der Waals surface area contributed by atoms with Gasteiger partial charge in [0, 0.05) is 49.6 Å². The number of amides is 2. The summed E-state index contributed by atoms with van der Waals surface area (Å²) in [7, 11) is 2.99. The lowest BCUT2D eigenvalue weighted by Crippen LogP contribution is -2.68. The number of esters is 1. The van der Waals surface area contributed by atoms with Gasteiger partial charge in [0.25, 0.3) is 5.91 Å². The van der Waals surface area contributed by atoms with E-state index in [9.17, 15) is 19.2 Å². The molecule has 2 amide bonds. The molecule has 5 rings (SSSR count). The first-order valence-electron chi connectivity index (χ1n) is 11.4. The highest BCUT2D eigenvalue weighted by molar-refractivity contribution is 6.15. The zero-order valence-electron chi connectivity index (χ0n) is 19.8. The second-order valence-corrected chi connectivity index (χ2v) is 8.54. The van der Waals surface area contributed by atoms with Crippen LogP contribution < -0.4 is 15.3 Å². The molecule has 0 radical (unpaired) electrons. The summed E-state index contributed by atoms with van der Waals surface area (Å²) in [6, 6.07) is 12.9.